The lowest BCUT2D eigenvalue weighted by Gasteiger charge is -2.15. The molecule has 129 heavy (non-hydrogen) atoms. The van der Waals surface area contributed by atoms with E-state index < -0.39 is 24.3 Å². The number of halogens is 5. The molecule has 19 nitrogen and oxygen atoms in total. The summed E-state index contributed by atoms with van der Waals surface area (Å²) < 4.78 is 89.6. The maximum Gasteiger partial charge on any atom is 0.335 e. The predicted molar refractivity (Wildman–Crippen MR) is 511 cm³/mol. The van der Waals surface area contributed by atoms with Gasteiger partial charge in [-0.3, -0.25) is 14.4 Å². The van der Waals surface area contributed by atoms with E-state index in [4.69, 9.17) is 44.2 Å². The third-order valence-corrected chi connectivity index (χ3v) is 26.0. The molecule has 0 fully saturated rings. The number of carboxylic acid groups (broad SMARTS) is 1. The van der Waals surface area contributed by atoms with Gasteiger partial charge in [0.1, 0.15) is 41.2 Å². The fraction of sp³-hybridized carbons (Fsp3) is 0.267. The Bertz CT molecular complexity index is 6370. The molecule has 0 radical (unpaired) electrons. The number of ketones is 3. The Balaban J connectivity index is 0.000000161. The quantitative estimate of drug-likeness (QED) is 0.0165. The van der Waals surface area contributed by atoms with Crippen LogP contribution < -0.4 is 34.2 Å². The van der Waals surface area contributed by atoms with E-state index in [0.717, 1.165) is 77.4 Å². The smallest absolute Gasteiger partial charge is 0.335 e. The number of fused-ring (bicyclic) bond motifs is 4. The fourth-order valence-corrected chi connectivity index (χ4v) is 18.2. The van der Waals surface area contributed by atoms with Gasteiger partial charge < -0.3 is 54.6 Å². The van der Waals surface area contributed by atoms with Gasteiger partial charge in [-0.1, -0.05) is 120 Å². The van der Waals surface area contributed by atoms with Crippen LogP contribution in [-0.2, 0) is 0 Å². The summed E-state index contributed by atoms with van der Waals surface area (Å²) in [6, 6.07) is 50.0. The molecule has 0 amide bonds. The first kappa shape index (κ1) is 97.9. The number of aliphatic hydroxyl groups is 3. The summed E-state index contributed by atoms with van der Waals surface area (Å²) in [7, 11) is 9.05. The van der Waals surface area contributed by atoms with E-state index in [1.165, 1.54) is 124 Å². The number of Topliss-reactive ketones (excluding diaryl/α,β-unsaturated/α-hetero) is 3. The standard InChI is InChI=1S/C28H28FNO4S.C28H26FNO4S.C18H17BrFNOS.C18H19FN2OS.C9H10O4/c2*1-16(2)18-12-22(20-15-35-28-19(20)6-5-7-21(28)29)30-23(13-18)25(32)10-9-24(31)17-8-11-26(33-3)27(14-17)34-4;1-10(2)11-6-15(21-16(7-11)17(22)8-19)13-9-23-18-12(13)4-3-5-14(18)20;1-10(2)11-6-15(21-16(7-11)17(22)8-20)13-9-23-18-12(13)4-3-5-14(18)19;1-12-7-4-3-6(9(10)11)5-8(7)13-2/h5-8,11-16,25,32H,9-10H2,1-4H3;5-8,11-16H,9-10H2,1-4H3;3-7,9-10,17,22H,8H2,1-2H3;3-7,9-10,17,22H,8,20H2,1-2H3;3-5H,1-2H3,(H,10,11). The average Bonchev–Trinajstić information content (AvgIpc) is 1.67. The maximum absolute atomic E-state index is 14.2. The fourth-order valence-electron chi connectivity index (χ4n) is 13.9. The lowest BCUT2D eigenvalue weighted by Crippen LogP contribution is -2.13. The van der Waals surface area contributed by atoms with Crippen LogP contribution in [0.25, 0.3) is 85.4 Å². The summed E-state index contributed by atoms with van der Waals surface area (Å²) >= 11 is 8.71. The Hall–Kier alpha value is -11.7. The van der Waals surface area contributed by atoms with Crippen molar-refractivity contribution < 1.29 is 85.6 Å². The molecule has 6 N–H and O–H groups in total. The first-order valence-corrected chi connectivity index (χ1v) is 46.0. The molecule has 0 spiro atoms. The van der Waals surface area contributed by atoms with Gasteiger partial charge in [0.15, 0.2) is 51.8 Å². The Labute approximate surface area is 770 Å². The van der Waals surface area contributed by atoms with Crippen molar-refractivity contribution in [1.29, 1.82) is 0 Å². The van der Waals surface area contributed by atoms with E-state index in [1.807, 2.05) is 102 Å². The number of ether oxygens (including phenoxy) is 6. The zero-order chi connectivity index (χ0) is 93.2. The maximum atomic E-state index is 14.2. The van der Waals surface area contributed by atoms with Crippen molar-refractivity contribution in [3.8, 4) is 79.5 Å². The molecule has 7 aromatic carbocycles. The lowest BCUT2D eigenvalue weighted by atomic mass is 9.97. The number of carboxylic acids is 1. The molecule has 15 rings (SSSR count). The highest BCUT2D eigenvalue weighted by atomic mass is 79.9. The van der Waals surface area contributed by atoms with Gasteiger partial charge in [-0.2, -0.15) is 0 Å². The number of aliphatic hydroxyl groups excluding tert-OH is 3. The normalized spacial score (nSPS) is 11.9. The van der Waals surface area contributed by atoms with Crippen LogP contribution in [0.15, 0.2) is 197 Å². The zero-order valence-electron chi connectivity index (χ0n) is 73.6. The third kappa shape index (κ3) is 23.7. The van der Waals surface area contributed by atoms with E-state index in [2.05, 4.69) is 72.4 Å². The molecule has 28 heteroatoms. The highest BCUT2D eigenvalue weighted by Crippen LogP contribution is 2.43. The minimum absolute atomic E-state index is 0.0280. The molecule has 3 atom stereocenters. The monoisotopic (exact) mass is 1890 g/mol. The van der Waals surface area contributed by atoms with E-state index >= 15 is 0 Å². The highest BCUT2D eigenvalue weighted by Gasteiger charge is 2.25. The largest absolute Gasteiger partial charge is 0.493 e. The zero-order valence-corrected chi connectivity index (χ0v) is 78.4. The van der Waals surface area contributed by atoms with Crippen molar-refractivity contribution >= 4 is 125 Å². The van der Waals surface area contributed by atoms with Crippen LogP contribution >= 0.6 is 61.3 Å². The average molecular weight is 1890 g/mol. The first-order valence-electron chi connectivity index (χ1n) is 41.4. The van der Waals surface area contributed by atoms with Gasteiger partial charge in [-0.05, 0) is 180 Å². The topological polar surface area (TPSA) is 282 Å². The number of carbonyl (C=O) groups is 4. The number of methoxy groups -OCH3 is 6. The molecule has 0 aliphatic rings. The van der Waals surface area contributed by atoms with Gasteiger partial charge in [-0.15, -0.1) is 45.3 Å². The van der Waals surface area contributed by atoms with Crippen LogP contribution in [0.3, 0.4) is 0 Å². The molecule has 0 aliphatic carbocycles. The minimum atomic E-state index is -0.985. The molecule has 672 valence electrons. The van der Waals surface area contributed by atoms with Crippen LogP contribution in [0.5, 0.6) is 34.5 Å². The van der Waals surface area contributed by atoms with Gasteiger partial charge >= 0.3 is 5.97 Å². The van der Waals surface area contributed by atoms with Crippen molar-refractivity contribution in [3.05, 3.63) is 282 Å². The van der Waals surface area contributed by atoms with Crippen LogP contribution in [-0.4, -0.2) is 118 Å². The molecular formula is C101H100BrF4N5O14S4. The second kappa shape index (κ2) is 45.0. The number of carbonyl (C=O) groups excluding carboxylic acids is 3. The van der Waals surface area contributed by atoms with E-state index in [0.29, 0.717) is 116 Å². The summed E-state index contributed by atoms with van der Waals surface area (Å²) in [5, 5.41) is 51.2. The molecular weight excluding hydrogens is 1790 g/mol. The highest BCUT2D eigenvalue weighted by molar-refractivity contribution is 9.09. The van der Waals surface area contributed by atoms with E-state index in [9.17, 15) is 52.1 Å². The van der Waals surface area contributed by atoms with Crippen LogP contribution in [0, 0.1) is 23.3 Å². The SMILES string of the molecule is CC(C)c1cc(-c2csc3c(F)cccc23)nc(C(O)CBr)c1.CC(C)c1cc(-c2csc3c(F)cccc23)nc(C(O)CN)c1.COc1ccc(C(=O)CCC(=O)c2cc(C(C)C)cc(-c3csc4c(F)cccc34)n2)cc1OC.COc1ccc(C(=O)CCC(O)c2cc(C(C)C)cc(-c3csc4c(F)cccc34)n2)cc1OC.COc1ccc(C(=O)O)cc1OC. The van der Waals surface area contributed by atoms with Gasteiger partial charge in [0.2, 0.25) is 0 Å². The van der Waals surface area contributed by atoms with Crippen LogP contribution in [0.4, 0.5) is 17.6 Å². The van der Waals surface area contributed by atoms with Crippen LogP contribution in [0.2, 0.25) is 0 Å². The number of aromatic carboxylic acids is 1. The summed E-state index contributed by atoms with van der Waals surface area (Å²) in [4.78, 5) is 67.7. The number of hydrogen-bond donors (Lipinski definition) is 5. The van der Waals surface area contributed by atoms with Crippen LogP contribution in [0.1, 0.15) is 204 Å². The van der Waals surface area contributed by atoms with Crippen molar-refractivity contribution in [2.24, 2.45) is 5.73 Å². The number of thiophene rings is 4. The minimum Gasteiger partial charge on any atom is -0.493 e. The number of hydrogen-bond acceptors (Lipinski definition) is 22. The molecule has 8 aromatic heterocycles. The van der Waals surface area contributed by atoms with Gasteiger partial charge in [-0.25, -0.2) is 42.3 Å². The molecule has 15 aromatic rings. The predicted octanol–water partition coefficient (Wildman–Crippen LogP) is 25.3. The number of nitrogens with zero attached hydrogens (tertiary/aromatic N) is 4. The van der Waals surface area contributed by atoms with Crippen molar-refractivity contribution in [2.45, 2.75) is 123 Å². The summed E-state index contributed by atoms with van der Waals surface area (Å²) in [5.74, 6) is 1.51. The summed E-state index contributed by atoms with van der Waals surface area (Å²) in [5.41, 5.74) is 19.1. The van der Waals surface area contributed by atoms with Gasteiger partial charge in [0, 0.05) is 108 Å². The number of rotatable bonds is 29. The number of aromatic nitrogens is 4. The first-order chi connectivity index (χ1) is 61.8. The third-order valence-electron chi connectivity index (χ3n) is 21.4. The number of benzene rings is 7. The molecule has 0 saturated carbocycles. The molecule has 0 aliphatic heterocycles. The summed E-state index contributed by atoms with van der Waals surface area (Å²) in [6.07, 6.45) is -1.93. The van der Waals surface area contributed by atoms with Gasteiger partial charge in [0.05, 0.1) is 113 Å². The molecule has 0 saturated heterocycles. The number of nitrogens with two attached hydrogens (primary N) is 1. The Morgan fingerprint density at radius 1 is 0.364 bits per heavy atom. The van der Waals surface area contributed by atoms with E-state index in [-0.39, 0.29) is 90.2 Å². The lowest BCUT2D eigenvalue weighted by molar-refractivity contribution is 0.0695. The Morgan fingerprint density at radius 2 is 0.659 bits per heavy atom. The van der Waals surface area contributed by atoms with Crippen molar-refractivity contribution in [3.63, 3.8) is 0 Å². The number of alkyl halides is 1. The second-order valence-electron chi connectivity index (χ2n) is 31.2. The van der Waals surface area contributed by atoms with Crippen molar-refractivity contribution in [1.82, 2.24) is 19.9 Å². The second-order valence-corrected chi connectivity index (χ2v) is 35.4. The van der Waals surface area contributed by atoms with Gasteiger partial charge in [0.25, 0.3) is 0 Å². The molecule has 3 unspecified atom stereocenters. The summed E-state index contributed by atoms with van der Waals surface area (Å²) in [6.45, 7) is 16.7. The Kier molecular flexibility index (Phi) is 34.2. The Morgan fingerprint density at radius 3 is 0.977 bits per heavy atom. The molecule has 8 heterocycles. The molecule has 0 bridgehead atoms. The van der Waals surface area contributed by atoms with E-state index in [1.54, 1.807) is 72.8 Å². The van der Waals surface area contributed by atoms with Crippen molar-refractivity contribution in [2.75, 3.05) is 54.5 Å². The number of pyridine rings is 4.